The van der Waals surface area contributed by atoms with Crippen molar-refractivity contribution in [3.8, 4) is 11.8 Å². The molecule has 1 heterocycles. The minimum atomic E-state index is 0.209. The van der Waals surface area contributed by atoms with E-state index in [4.69, 9.17) is 0 Å². The Morgan fingerprint density at radius 1 is 1.33 bits per heavy atom. The fourth-order valence-corrected chi connectivity index (χ4v) is 1.85. The van der Waals surface area contributed by atoms with Crippen molar-refractivity contribution < 1.29 is 4.79 Å². The van der Waals surface area contributed by atoms with E-state index in [0.717, 1.165) is 24.2 Å². The van der Waals surface area contributed by atoms with Gasteiger partial charge in [0.2, 0.25) is 5.91 Å². The Kier molecular flexibility index (Phi) is 2.73. The van der Waals surface area contributed by atoms with Gasteiger partial charge in [0.15, 0.2) is 0 Å². The van der Waals surface area contributed by atoms with Gasteiger partial charge in [-0.3, -0.25) is 4.79 Å². The van der Waals surface area contributed by atoms with Gasteiger partial charge in [-0.05, 0) is 25.5 Å². The highest BCUT2D eigenvalue weighted by atomic mass is 16.2. The predicted molar refractivity (Wildman–Crippen MR) is 60.6 cm³/mol. The summed E-state index contributed by atoms with van der Waals surface area (Å²) in [4.78, 5) is 13.4. The standard InChI is InChI=1S/C13H13NO/c1-2-6-11-7-3-4-8-12(11)14-10-5-9-13(14)15/h3-4,7-8H,5,9-10H2,1H3. The van der Waals surface area contributed by atoms with Crippen molar-refractivity contribution in [3.05, 3.63) is 29.8 Å². The van der Waals surface area contributed by atoms with Crippen LogP contribution < -0.4 is 4.90 Å². The largest absolute Gasteiger partial charge is 0.311 e. The normalized spacial score (nSPS) is 15.0. The summed E-state index contributed by atoms with van der Waals surface area (Å²) in [5.41, 5.74) is 1.89. The molecule has 1 saturated heterocycles. The van der Waals surface area contributed by atoms with E-state index in [0.29, 0.717) is 6.42 Å². The van der Waals surface area contributed by atoms with Gasteiger partial charge in [0, 0.05) is 18.5 Å². The molecule has 0 unspecified atom stereocenters. The highest BCUT2D eigenvalue weighted by Gasteiger charge is 2.22. The van der Waals surface area contributed by atoms with E-state index in [9.17, 15) is 4.79 Å². The van der Waals surface area contributed by atoms with Crippen molar-refractivity contribution in [3.63, 3.8) is 0 Å². The Labute approximate surface area is 89.9 Å². The van der Waals surface area contributed by atoms with Gasteiger partial charge in [-0.1, -0.05) is 18.1 Å². The van der Waals surface area contributed by atoms with Gasteiger partial charge in [-0.15, -0.1) is 5.92 Å². The van der Waals surface area contributed by atoms with Crippen molar-refractivity contribution in [2.45, 2.75) is 19.8 Å². The number of benzene rings is 1. The lowest BCUT2D eigenvalue weighted by atomic mass is 10.1. The Morgan fingerprint density at radius 2 is 2.13 bits per heavy atom. The summed E-state index contributed by atoms with van der Waals surface area (Å²) in [6.07, 6.45) is 1.61. The highest BCUT2D eigenvalue weighted by molar-refractivity contribution is 5.96. The Hall–Kier alpha value is -1.75. The lowest BCUT2D eigenvalue weighted by Gasteiger charge is -2.17. The fourth-order valence-electron chi connectivity index (χ4n) is 1.85. The number of hydrogen-bond donors (Lipinski definition) is 0. The average Bonchev–Trinajstić information content (AvgIpc) is 2.66. The minimum Gasteiger partial charge on any atom is -0.311 e. The molecular formula is C13H13NO. The van der Waals surface area contributed by atoms with Gasteiger partial charge in [0.05, 0.1) is 5.69 Å². The number of hydrogen-bond acceptors (Lipinski definition) is 1. The Morgan fingerprint density at radius 3 is 2.80 bits per heavy atom. The van der Waals surface area contributed by atoms with Crippen LogP contribution in [0.5, 0.6) is 0 Å². The SMILES string of the molecule is CC#Cc1ccccc1N1CCCC1=O. The number of carbonyl (C=O) groups is 1. The van der Waals surface area contributed by atoms with Gasteiger partial charge in [-0.2, -0.15) is 0 Å². The van der Waals surface area contributed by atoms with Crippen molar-refractivity contribution in [2.75, 3.05) is 11.4 Å². The van der Waals surface area contributed by atoms with Crippen LogP contribution in [0.3, 0.4) is 0 Å². The van der Waals surface area contributed by atoms with Gasteiger partial charge >= 0.3 is 0 Å². The van der Waals surface area contributed by atoms with Crippen LogP contribution in [0.25, 0.3) is 0 Å². The lowest BCUT2D eigenvalue weighted by molar-refractivity contribution is -0.117. The molecule has 2 rings (SSSR count). The molecule has 1 aromatic rings. The summed E-state index contributed by atoms with van der Waals surface area (Å²) in [6, 6.07) is 7.81. The van der Waals surface area contributed by atoms with E-state index < -0.39 is 0 Å². The van der Waals surface area contributed by atoms with Crippen LogP contribution in [0, 0.1) is 11.8 Å². The van der Waals surface area contributed by atoms with Gasteiger partial charge in [-0.25, -0.2) is 0 Å². The molecular weight excluding hydrogens is 186 g/mol. The molecule has 0 radical (unpaired) electrons. The van der Waals surface area contributed by atoms with E-state index >= 15 is 0 Å². The van der Waals surface area contributed by atoms with Crippen LogP contribution in [0.4, 0.5) is 5.69 Å². The van der Waals surface area contributed by atoms with Crippen LogP contribution in [0.1, 0.15) is 25.3 Å². The van der Waals surface area contributed by atoms with Crippen LogP contribution in [-0.4, -0.2) is 12.5 Å². The molecule has 0 spiro atoms. The quantitative estimate of drug-likeness (QED) is 0.635. The molecule has 2 nitrogen and oxygen atoms in total. The zero-order valence-corrected chi connectivity index (χ0v) is 8.79. The van der Waals surface area contributed by atoms with Gasteiger partial charge in [0.25, 0.3) is 0 Å². The predicted octanol–water partition coefficient (Wildman–Crippen LogP) is 2.18. The second-order valence-electron chi connectivity index (χ2n) is 3.54. The zero-order chi connectivity index (χ0) is 10.7. The maximum Gasteiger partial charge on any atom is 0.227 e. The summed E-state index contributed by atoms with van der Waals surface area (Å²) >= 11 is 0. The molecule has 1 aliphatic heterocycles. The molecule has 0 aromatic heterocycles. The highest BCUT2D eigenvalue weighted by Crippen LogP contribution is 2.24. The summed E-state index contributed by atoms with van der Waals surface area (Å²) in [5, 5.41) is 0. The van der Waals surface area contributed by atoms with E-state index in [1.54, 1.807) is 0 Å². The summed E-state index contributed by atoms with van der Waals surface area (Å²) in [6.45, 7) is 2.63. The monoisotopic (exact) mass is 199 g/mol. The smallest absolute Gasteiger partial charge is 0.227 e. The Bertz CT molecular complexity index is 439. The van der Waals surface area contributed by atoms with Gasteiger partial charge in [0.1, 0.15) is 0 Å². The number of amides is 1. The number of nitrogens with zero attached hydrogens (tertiary/aromatic N) is 1. The first kappa shape index (κ1) is 9.79. The molecule has 0 atom stereocenters. The van der Waals surface area contributed by atoms with Crippen LogP contribution in [0.15, 0.2) is 24.3 Å². The third-order valence-corrected chi connectivity index (χ3v) is 2.53. The molecule has 1 fully saturated rings. The first-order chi connectivity index (χ1) is 7.33. The number of anilines is 1. The fraction of sp³-hybridized carbons (Fsp3) is 0.308. The van der Waals surface area contributed by atoms with Crippen LogP contribution in [-0.2, 0) is 4.79 Å². The maximum absolute atomic E-state index is 11.6. The van der Waals surface area contributed by atoms with Crippen LogP contribution >= 0.6 is 0 Å². The van der Waals surface area contributed by atoms with Crippen molar-refractivity contribution >= 4 is 11.6 Å². The topological polar surface area (TPSA) is 20.3 Å². The Balaban J connectivity index is 2.41. The lowest BCUT2D eigenvalue weighted by Crippen LogP contribution is -2.24. The summed E-state index contributed by atoms with van der Waals surface area (Å²) in [7, 11) is 0. The molecule has 0 saturated carbocycles. The third kappa shape index (κ3) is 1.87. The van der Waals surface area contributed by atoms with Crippen molar-refractivity contribution in [1.82, 2.24) is 0 Å². The average molecular weight is 199 g/mol. The minimum absolute atomic E-state index is 0.209. The third-order valence-electron chi connectivity index (χ3n) is 2.53. The van der Waals surface area contributed by atoms with E-state index in [1.807, 2.05) is 36.1 Å². The number of para-hydroxylation sites is 1. The van der Waals surface area contributed by atoms with E-state index in [1.165, 1.54) is 0 Å². The molecule has 0 aliphatic carbocycles. The summed E-state index contributed by atoms with van der Waals surface area (Å²) in [5.74, 6) is 6.11. The maximum atomic E-state index is 11.6. The zero-order valence-electron chi connectivity index (χ0n) is 8.79. The molecule has 15 heavy (non-hydrogen) atoms. The van der Waals surface area contributed by atoms with E-state index in [-0.39, 0.29) is 5.91 Å². The van der Waals surface area contributed by atoms with E-state index in [2.05, 4.69) is 11.8 Å². The molecule has 1 aliphatic rings. The number of carbonyl (C=O) groups excluding carboxylic acids is 1. The molecule has 76 valence electrons. The molecule has 0 N–H and O–H groups in total. The van der Waals surface area contributed by atoms with Crippen molar-refractivity contribution in [2.24, 2.45) is 0 Å². The van der Waals surface area contributed by atoms with Crippen molar-refractivity contribution in [1.29, 1.82) is 0 Å². The van der Waals surface area contributed by atoms with Crippen LogP contribution in [0.2, 0.25) is 0 Å². The second kappa shape index (κ2) is 4.18. The summed E-state index contributed by atoms with van der Waals surface area (Å²) < 4.78 is 0. The first-order valence-electron chi connectivity index (χ1n) is 5.15. The molecule has 0 bridgehead atoms. The molecule has 1 amide bonds. The molecule has 1 aromatic carbocycles. The number of rotatable bonds is 1. The second-order valence-corrected chi connectivity index (χ2v) is 3.54. The first-order valence-corrected chi connectivity index (χ1v) is 5.15. The molecule has 2 heteroatoms. The van der Waals surface area contributed by atoms with Gasteiger partial charge < -0.3 is 4.90 Å².